The third-order valence-electron chi connectivity index (χ3n) is 2.90. The Labute approximate surface area is 117 Å². The number of hydrogen-bond acceptors (Lipinski definition) is 3. The number of benzene rings is 2. The van der Waals surface area contributed by atoms with Crippen molar-refractivity contribution in [2.45, 2.75) is 6.54 Å². The van der Waals surface area contributed by atoms with Crippen LogP contribution in [0.1, 0.15) is 11.1 Å². The molecule has 3 nitrogen and oxygen atoms in total. The van der Waals surface area contributed by atoms with Crippen molar-refractivity contribution in [1.29, 1.82) is 5.26 Å². The second-order valence-electron chi connectivity index (χ2n) is 4.37. The van der Waals surface area contributed by atoms with Gasteiger partial charge in [0.2, 0.25) is 0 Å². The number of anilines is 2. The summed E-state index contributed by atoms with van der Waals surface area (Å²) >= 11 is 5.90. The molecule has 0 aliphatic heterocycles. The molecular formula is C15H14ClN3. The summed E-state index contributed by atoms with van der Waals surface area (Å²) in [5.41, 5.74) is 9.09. The third-order valence-corrected chi connectivity index (χ3v) is 3.24. The summed E-state index contributed by atoms with van der Waals surface area (Å²) in [6, 6.07) is 15.2. The van der Waals surface area contributed by atoms with Gasteiger partial charge in [-0.1, -0.05) is 23.7 Å². The predicted octanol–water partition coefficient (Wildman–Crippen LogP) is 3.43. The van der Waals surface area contributed by atoms with Crippen LogP contribution in [-0.4, -0.2) is 7.05 Å². The van der Waals surface area contributed by atoms with Crippen LogP contribution in [0, 0.1) is 11.3 Å². The van der Waals surface area contributed by atoms with Gasteiger partial charge in [0.25, 0.3) is 0 Å². The van der Waals surface area contributed by atoms with Gasteiger partial charge in [-0.25, -0.2) is 0 Å². The van der Waals surface area contributed by atoms with Crippen molar-refractivity contribution in [2.24, 2.45) is 0 Å². The van der Waals surface area contributed by atoms with Crippen molar-refractivity contribution in [2.75, 3.05) is 17.7 Å². The number of nitrogens with zero attached hydrogens (tertiary/aromatic N) is 2. The van der Waals surface area contributed by atoms with Crippen molar-refractivity contribution in [3.05, 3.63) is 58.6 Å². The smallest absolute Gasteiger partial charge is 0.0992 e. The summed E-state index contributed by atoms with van der Waals surface area (Å²) in [5.74, 6) is 0. The van der Waals surface area contributed by atoms with Gasteiger partial charge >= 0.3 is 0 Å². The first-order valence-corrected chi connectivity index (χ1v) is 6.23. The number of rotatable bonds is 3. The molecule has 0 fully saturated rings. The summed E-state index contributed by atoms with van der Waals surface area (Å²) < 4.78 is 0. The topological polar surface area (TPSA) is 53.0 Å². The molecule has 19 heavy (non-hydrogen) atoms. The van der Waals surface area contributed by atoms with E-state index in [-0.39, 0.29) is 0 Å². The zero-order chi connectivity index (χ0) is 13.8. The Balaban J connectivity index is 2.18. The van der Waals surface area contributed by atoms with Crippen molar-refractivity contribution in [3.8, 4) is 6.07 Å². The van der Waals surface area contributed by atoms with E-state index in [1.807, 2.05) is 37.4 Å². The average molecular weight is 272 g/mol. The van der Waals surface area contributed by atoms with E-state index in [1.54, 1.807) is 12.1 Å². The van der Waals surface area contributed by atoms with E-state index < -0.39 is 0 Å². The molecule has 0 bridgehead atoms. The molecule has 4 heteroatoms. The quantitative estimate of drug-likeness (QED) is 0.870. The van der Waals surface area contributed by atoms with Crippen molar-refractivity contribution < 1.29 is 0 Å². The second kappa shape index (κ2) is 5.64. The van der Waals surface area contributed by atoms with E-state index in [0.29, 0.717) is 22.8 Å². The third kappa shape index (κ3) is 3.18. The normalized spacial score (nSPS) is 9.95. The maximum Gasteiger partial charge on any atom is 0.0992 e. The molecule has 0 amide bonds. The Morgan fingerprint density at radius 1 is 1.26 bits per heavy atom. The molecule has 0 saturated carbocycles. The molecule has 2 aromatic carbocycles. The molecule has 2 N–H and O–H groups in total. The Kier molecular flexibility index (Phi) is 3.94. The largest absolute Gasteiger partial charge is 0.398 e. The van der Waals surface area contributed by atoms with E-state index >= 15 is 0 Å². The highest BCUT2D eigenvalue weighted by molar-refractivity contribution is 6.33. The fraction of sp³-hybridized carbons (Fsp3) is 0.133. The van der Waals surface area contributed by atoms with Crippen molar-refractivity contribution >= 4 is 23.0 Å². The number of nitriles is 1. The molecule has 0 heterocycles. The first-order valence-electron chi connectivity index (χ1n) is 5.85. The van der Waals surface area contributed by atoms with Crippen molar-refractivity contribution in [3.63, 3.8) is 0 Å². The molecule has 96 valence electrons. The Hall–Kier alpha value is -2.18. The van der Waals surface area contributed by atoms with E-state index in [9.17, 15) is 0 Å². The van der Waals surface area contributed by atoms with Crippen LogP contribution in [-0.2, 0) is 6.54 Å². The van der Waals surface area contributed by atoms with Crippen LogP contribution in [0.5, 0.6) is 0 Å². The molecule has 0 aliphatic rings. The molecule has 2 aromatic rings. The highest BCUT2D eigenvalue weighted by Crippen LogP contribution is 2.22. The van der Waals surface area contributed by atoms with Gasteiger partial charge in [-0.3, -0.25) is 0 Å². The van der Waals surface area contributed by atoms with Gasteiger partial charge in [-0.05, 0) is 35.9 Å². The van der Waals surface area contributed by atoms with Crippen LogP contribution in [0.25, 0.3) is 0 Å². The lowest BCUT2D eigenvalue weighted by molar-refractivity contribution is 0.923. The highest BCUT2D eigenvalue weighted by Gasteiger charge is 2.05. The van der Waals surface area contributed by atoms with Crippen LogP contribution in [0.3, 0.4) is 0 Å². The lowest BCUT2D eigenvalue weighted by atomic mass is 10.1. The molecule has 0 atom stereocenters. The fourth-order valence-corrected chi connectivity index (χ4v) is 1.99. The minimum absolute atomic E-state index is 0.567. The fourth-order valence-electron chi connectivity index (χ4n) is 1.87. The van der Waals surface area contributed by atoms with Gasteiger partial charge in [-0.15, -0.1) is 0 Å². The maximum absolute atomic E-state index is 8.90. The Morgan fingerprint density at radius 3 is 2.74 bits per heavy atom. The van der Waals surface area contributed by atoms with Gasteiger partial charge in [0.05, 0.1) is 22.3 Å². The Bertz CT molecular complexity index is 632. The molecular weight excluding hydrogens is 258 g/mol. The lowest BCUT2D eigenvalue weighted by Crippen LogP contribution is -2.16. The summed E-state index contributed by atoms with van der Waals surface area (Å²) in [4.78, 5) is 2.06. The SMILES string of the molecule is CN(Cc1ccc(Cl)c(N)c1)c1cccc(C#N)c1. The zero-order valence-corrected chi connectivity index (χ0v) is 11.4. The molecule has 0 spiro atoms. The predicted molar refractivity (Wildman–Crippen MR) is 79.1 cm³/mol. The van der Waals surface area contributed by atoms with Crippen molar-refractivity contribution in [1.82, 2.24) is 0 Å². The van der Waals surface area contributed by atoms with Crippen LogP contribution in [0.15, 0.2) is 42.5 Å². The minimum atomic E-state index is 0.567. The van der Waals surface area contributed by atoms with Crippen LogP contribution in [0.2, 0.25) is 5.02 Å². The molecule has 0 aromatic heterocycles. The van der Waals surface area contributed by atoms with Gasteiger partial charge in [0, 0.05) is 19.3 Å². The number of nitrogens with two attached hydrogens (primary N) is 1. The average Bonchev–Trinajstić information content (AvgIpc) is 2.43. The second-order valence-corrected chi connectivity index (χ2v) is 4.78. The van der Waals surface area contributed by atoms with Gasteiger partial charge in [-0.2, -0.15) is 5.26 Å². The van der Waals surface area contributed by atoms with Crippen LogP contribution >= 0.6 is 11.6 Å². The molecule has 0 aliphatic carbocycles. The molecule has 0 radical (unpaired) electrons. The summed E-state index contributed by atoms with van der Waals surface area (Å²) in [7, 11) is 1.97. The summed E-state index contributed by atoms with van der Waals surface area (Å²) in [6.45, 7) is 0.705. The van der Waals surface area contributed by atoms with Crippen LogP contribution < -0.4 is 10.6 Å². The summed E-state index contributed by atoms with van der Waals surface area (Å²) in [5, 5.41) is 9.47. The van der Waals surface area contributed by atoms with Crippen LogP contribution in [0.4, 0.5) is 11.4 Å². The maximum atomic E-state index is 8.90. The number of halogens is 1. The standard InChI is InChI=1S/C15H14ClN3/c1-19(13-4-2-3-11(7-13)9-17)10-12-5-6-14(16)15(18)8-12/h2-8H,10,18H2,1H3. The number of hydrogen-bond donors (Lipinski definition) is 1. The molecule has 2 rings (SSSR count). The van der Waals surface area contributed by atoms with Gasteiger partial charge < -0.3 is 10.6 Å². The minimum Gasteiger partial charge on any atom is -0.398 e. The Morgan fingerprint density at radius 2 is 2.05 bits per heavy atom. The highest BCUT2D eigenvalue weighted by atomic mass is 35.5. The van der Waals surface area contributed by atoms with E-state index in [4.69, 9.17) is 22.6 Å². The monoisotopic (exact) mass is 271 g/mol. The van der Waals surface area contributed by atoms with Gasteiger partial charge in [0.15, 0.2) is 0 Å². The first-order chi connectivity index (χ1) is 9.10. The van der Waals surface area contributed by atoms with E-state index in [2.05, 4.69) is 11.0 Å². The van der Waals surface area contributed by atoms with Gasteiger partial charge in [0.1, 0.15) is 0 Å². The first kappa shape index (κ1) is 13.3. The molecule has 0 unspecified atom stereocenters. The zero-order valence-electron chi connectivity index (χ0n) is 10.6. The summed E-state index contributed by atoms with van der Waals surface area (Å²) in [6.07, 6.45) is 0. The number of nitrogen functional groups attached to an aromatic ring is 1. The van der Waals surface area contributed by atoms with E-state index in [0.717, 1.165) is 11.3 Å². The van der Waals surface area contributed by atoms with E-state index in [1.165, 1.54) is 0 Å². The molecule has 0 saturated heterocycles. The lowest BCUT2D eigenvalue weighted by Gasteiger charge is -2.20.